The molecule has 1 heterocycles. The molecule has 0 aromatic heterocycles. The maximum Gasteiger partial charge on any atom is 0.338 e. The van der Waals surface area contributed by atoms with Crippen molar-refractivity contribution < 1.29 is 23.9 Å². The minimum Gasteiger partial charge on any atom is -0.460 e. The molecule has 0 saturated heterocycles. The van der Waals surface area contributed by atoms with E-state index in [0.717, 1.165) is 12.0 Å². The summed E-state index contributed by atoms with van der Waals surface area (Å²) in [4.78, 5) is 40.2. The van der Waals surface area contributed by atoms with Crippen molar-refractivity contribution in [1.29, 1.82) is 0 Å². The molecule has 0 fully saturated rings. The normalized spacial score (nSPS) is 15.7. The quantitative estimate of drug-likeness (QED) is 0.428. The number of carbonyl (C=O) groups excluding carboxylic acids is 3. The van der Waals surface area contributed by atoms with Crippen molar-refractivity contribution >= 4 is 23.6 Å². The lowest BCUT2D eigenvalue weighted by atomic mass is 9.94. The molecule has 2 aromatic carbocycles. The molecule has 3 rings (SSSR count). The number of rotatable bonds is 9. The van der Waals surface area contributed by atoms with Gasteiger partial charge in [0.05, 0.1) is 18.2 Å². The molecule has 1 aliphatic heterocycles. The number of carbonyl (C=O) groups is 3. The zero-order chi connectivity index (χ0) is 24.7. The minimum absolute atomic E-state index is 0.104. The molecule has 2 aromatic rings. The molecule has 3 amide bonds. The standard InChI is InChI=1S/C26H31N3O5/c1-5-13-29-18(3)22(25(31)34-15-14-33-4)23(28-26(29)32)19-10-8-11-20(16-19)27-24(30)21-12-7-6-9-17(21)2/h6-12,16,23H,5,13-15H2,1-4H3,(H,27,30)(H,28,32). The summed E-state index contributed by atoms with van der Waals surface area (Å²) in [6.07, 6.45) is 0.738. The van der Waals surface area contributed by atoms with E-state index in [1.165, 1.54) is 7.11 Å². The summed E-state index contributed by atoms with van der Waals surface area (Å²) in [6, 6.07) is 13.4. The molecule has 180 valence electrons. The first-order valence-corrected chi connectivity index (χ1v) is 11.3. The van der Waals surface area contributed by atoms with Crippen LogP contribution in [0.1, 0.15) is 47.8 Å². The van der Waals surface area contributed by atoms with E-state index in [2.05, 4.69) is 10.6 Å². The molecule has 8 heteroatoms. The Labute approximate surface area is 199 Å². The third kappa shape index (κ3) is 5.63. The predicted molar refractivity (Wildman–Crippen MR) is 129 cm³/mol. The van der Waals surface area contributed by atoms with Gasteiger partial charge in [-0.3, -0.25) is 9.69 Å². The van der Waals surface area contributed by atoms with E-state index in [1.807, 2.05) is 32.0 Å². The number of esters is 1. The first-order valence-electron chi connectivity index (χ1n) is 11.3. The largest absolute Gasteiger partial charge is 0.460 e. The third-order valence-corrected chi connectivity index (χ3v) is 5.65. The number of aryl methyl sites for hydroxylation is 1. The van der Waals surface area contributed by atoms with Crippen LogP contribution in [0.5, 0.6) is 0 Å². The Kier molecular flexibility index (Phi) is 8.43. The number of hydrogen-bond donors (Lipinski definition) is 2. The van der Waals surface area contributed by atoms with Crippen LogP contribution in [0.2, 0.25) is 0 Å². The molecule has 2 N–H and O–H groups in total. The highest BCUT2D eigenvalue weighted by Gasteiger charge is 2.36. The van der Waals surface area contributed by atoms with Crippen molar-refractivity contribution in [1.82, 2.24) is 10.2 Å². The van der Waals surface area contributed by atoms with Gasteiger partial charge in [-0.1, -0.05) is 37.3 Å². The number of ether oxygens (including phenoxy) is 2. The van der Waals surface area contributed by atoms with Gasteiger partial charge in [-0.15, -0.1) is 0 Å². The van der Waals surface area contributed by atoms with Crippen LogP contribution in [0, 0.1) is 6.92 Å². The van der Waals surface area contributed by atoms with Crippen molar-refractivity contribution in [3.05, 3.63) is 76.5 Å². The number of benzene rings is 2. The maximum absolute atomic E-state index is 13.0. The van der Waals surface area contributed by atoms with Crippen LogP contribution in [-0.4, -0.2) is 49.7 Å². The fourth-order valence-corrected chi connectivity index (χ4v) is 3.91. The summed E-state index contributed by atoms with van der Waals surface area (Å²) in [7, 11) is 1.53. The lowest BCUT2D eigenvalue weighted by molar-refractivity contribution is -0.140. The molecule has 0 radical (unpaired) electrons. The lowest BCUT2D eigenvalue weighted by Gasteiger charge is -2.35. The number of nitrogens with one attached hydrogen (secondary N) is 2. The second-order valence-electron chi connectivity index (χ2n) is 8.06. The Morgan fingerprint density at radius 3 is 2.56 bits per heavy atom. The zero-order valence-electron chi connectivity index (χ0n) is 20.0. The third-order valence-electron chi connectivity index (χ3n) is 5.65. The van der Waals surface area contributed by atoms with Gasteiger partial charge in [-0.05, 0) is 49.6 Å². The van der Waals surface area contributed by atoms with E-state index < -0.39 is 12.0 Å². The smallest absolute Gasteiger partial charge is 0.338 e. The molecule has 34 heavy (non-hydrogen) atoms. The van der Waals surface area contributed by atoms with Crippen molar-refractivity contribution in [3.8, 4) is 0 Å². The van der Waals surface area contributed by atoms with Crippen molar-refractivity contribution in [2.45, 2.75) is 33.2 Å². The predicted octanol–water partition coefficient (Wildman–Crippen LogP) is 4.19. The highest BCUT2D eigenvalue weighted by molar-refractivity contribution is 6.05. The van der Waals surface area contributed by atoms with E-state index in [-0.39, 0.29) is 25.2 Å². The number of anilines is 1. The van der Waals surface area contributed by atoms with Crippen molar-refractivity contribution in [2.24, 2.45) is 0 Å². The van der Waals surface area contributed by atoms with Gasteiger partial charge in [0, 0.05) is 30.6 Å². The number of methoxy groups -OCH3 is 1. The van der Waals surface area contributed by atoms with Gasteiger partial charge in [0.2, 0.25) is 0 Å². The first kappa shape index (κ1) is 25.0. The van der Waals surface area contributed by atoms with Crippen LogP contribution in [0.3, 0.4) is 0 Å². The summed E-state index contributed by atoms with van der Waals surface area (Å²) in [5, 5.41) is 5.83. The Hall–Kier alpha value is -3.65. The summed E-state index contributed by atoms with van der Waals surface area (Å²) < 4.78 is 10.4. The second kappa shape index (κ2) is 11.5. The number of amides is 3. The van der Waals surface area contributed by atoms with Crippen LogP contribution in [-0.2, 0) is 14.3 Å². The van der Waals surface area contributed by atoms with Gasteiger partial charge >= 0.3 is 12.0 Å². The molecule has 0 bridgehead atoms. The monoisotopic (exact) mass is 465 g/mol. The van der Waals surface area contributed by atoms with Gasteiger partial charge in [-0.25, -0.2) is 9.59 Å². The number of urea groups is 1. The molecule has 1 aliphatic rings. The van der Waals surface area contributed by atoms with Gasteiger partial charge in [0.1, 0.15) is 6.61 Å². The van der Waals surface area contributed by atoms with Gasteiger partial charge < -0.3 is 20.1 Å². The van der Waals surface area contributed by atoms with Gasteiger partial charge in [0.25, 0.3) is 5.91 Å². The van der Waals surface area contributed by atoms with E-state index in [1.54, 1.807) is 42.2 Å². The molecule has 1 unspecified atom stereocenters. The van der Waals surface area contributed by atoms with Crippen molar-refractivity contribution in [2.75, 3.05) is 32.2 Å². The minimum atomic E-state index is -0.717. The SMILES string of the molecule is CCCN1C(=O)NC(c2cccc(NC(=O)c3ccccc3C)c2)C(C(=O)OCCOC)=C1C. The Balaban J connectivity index is 1.93. The first-order chi connectivity index (χ1) is 16.4. The average Bonchev–Trinajstić information content (AvgIpc) is 2.82. The fourth-order valence-electron chi connectivity index (χ4n) is 3.91. The van der Waals surface area contributed by atoms with E-state index in [4.69, 9.17) is 9.47 Å². The summed E-state index contributed by atoms with van der Waals surface area (Å²) >= 11 is 0. The van der Waals surface area contributed by atoms with Crippen LogP contribution in [0.15, 0.2) is 59.8 Å². The Bertz CT molecular complexity index is 1100. The van der Waals surface area contributed by atoms with Crippen LogP contribution < -0.4 is 10.6 Å². The zero-order valence-corrected chi connectivity index (χ0v) is 20.0. The Morgan fingerprint density at radius 2 is 1.85 bits per heavy atom. The molecular weight excluding hydrogens is 434 g/mol. The lowest BCUT2D eigenvalue weighted by Crippen LogP contribution is -2.48. The maximum atomic E-state index is 13.0. The van der Waals surface area contributed by atoms with E-state index >= 15 is 0 Å². The van der Waals surface area contributed by atoms with Gasteiger partial charge in [-0.2, -0.15) is 0 Å². The fraction of sp³-hybridized carbons (Fsp3) is 0.346. The highest BCUT2D eigenvalue weighted by atomic mass is 16.6. The molecule has 0 saturated carbocycles. The number of hydrogen-bond acceptors (Lipinski definition) is 5. The van der Waals surface area contributed by atoms with E-state index in [9.17, 15) is 14.4 Å². The molecular formula is C26H31N3O5. The number of allylic oxidation sites excluding steroid dienone is 1. The van der Waals surface area contributed by atoms with Crippen LogP contribution in [0.4, 0.5) is 10.5 Å². The molecule has 0 aliphatic carbocycles. The van der Waals surface area contributed by atoms with Crippen molar-refractivity contribution in [3.63, 3.8) is 0 Å². The van der Waals surface area contributed by atoms with Crippen LogP contribution >= 0.6 is 0 Å². The summed E-state index contributed by atoms with van der Waals surface area (Å²) in [5.74, 6) is -0.752. The summed E-state index contributed by atoms with van der Waals surface area (Å²) in [5.41, 5.74) is 3.56. The second-order valence-corrected chi connectivity index (χ2v) is 8.06. The Morgan fingerprint density at radius 1 is 1.09 bits per heavy atom. The van der Waals surface area contributed by atoms with Crippen LogP contribution in [0.25, 0.3) is 0 Å². The highest BCUT2D eigenvalue weighted by Crippen LogP contribution is 2.32. The molecule has 0 spiro atoms. The average molecular weight is 466 g/mol. The van der Waals surface area contributed by atoms with E-state index in [0.29, 0.717) is 34.6 Å². The molecule has 8 nitrogen and oxygen atoms in total. The van der Waals surface area contributed by atoms with Gasteiger partial charge in [0.15, 0.2) is 0 Å². The molecule has 1 atom stereocenters. The summed E-state index contributed by atoms with van der Waals surface area (Å²) in [6.45, 7) is 6.44. The number of nitrogens with zero attached hydrogens (tertiary/aromatic N) is 1. The topological polar surface area (TPSA) is 97.0 Å².